The minimum Gasteiger partial charge on any atom is -0.371 e. The fraction of sp³-hybridized carbons (Fsp3) is 0.727. The van der Waals surface area contributed by atoms with Crippen molar-refractivity contribution in [2.24, 2.45) is 11.8 Å². The lowest BCUT2D eigenvalue weighted by molar-refractivity contribution is -0.201. The molecule has 11 heteroatoms. The molecule has 0 aromatic rings. The maximum atomic E-state index is 12.7. The molecule has 1 saturated carbocycles. The van der Waals surface area contributed by atoms with Crippen molar-refractivity contribution in [2.45, 2.75) is 69.6 Å². The van der Waals surface area contributed by atoms with Crippen LogP contribution < -0.4 is 0 Å². The van der Waals surface area contributed by atoms with Crippen molar-refractivity contribution in [3.8, 4) is 0 Å². The number of thioether (sulfide) groups is 1. The highest BCUT2D eigenvalue weighted by atomic mass is 32.2. The van der Waals surface area contributed by atoms with Gasteiger partial charge in [0.25, 0.3) is 11.8 Å². The van der Waals surface area contributed by atoms with Crippen LogP contribution in [0.1, 0.15) is 58.3 Å². The number of imide groups is 2. The van der Waals surface area contributed by atoms with E-state index in [1.165, 1.54) is 16.7 Å². The van der Waals surface area contributed by atoms with Gasteiger partial charge in [0.1, 0.15) is 12.4 Å². The second kappa shape index (κ2) is 11.7. The van der Waals surface area contributed by atoms with Gasteiger partial charge in [-0.2, -0.15) is 0 Å². The van der Waals surface area contributed by atoms with Crippen molar-refractivity contribution >= 4 is 47.6 Å². The summed E-state index contributed by atoms with van der Waals surface area (Å²) in [6, 6.07) is 0. The molecular formula is C22H30N2O8S. The average molecular weight is 483 g/mol. The number of hydrogen-bond acceptors (Lipinski definition) is 9. The highest BCUT2D eigenvalue weighted by molar-refractivity contribution is 8.00. The van der Waals surface area contributed by atoms with E-state index in [9.17, 15) is 28.8 Å². The van der Waals surface area contributed by atoms with E-state index in [2.05, 4.69) is 0 Å². The Hall–Kier alpha value is -2.27. The van der Waals surface area contributed by atoms with Crippen LogP contribution in [0.4, 0.5) is 0 Å². The third-order valence-electron chi connectivity index (χ3n) is 6.19. The Kier molecular flexibility index (Phi) is 9.02. The molecule has 3 fully saturated rings. The summed E-state index contributed by atoms with van der Waals surface area (Å²) in [5.74, 6) is -1.53. The van der Waals surface area contributed by atoms with Crippen molar-refractivity contribution in [1.82, 2.24) is 9.96 Å². The van der Waals surface area contributed by atoms with E-state index < -0.39 is 29.8 Å². The van der Waals surface area contributed by atoms with Crippen molar-refractivity contribution < 1.29 is 38.3 Å². The van der Waals surface area contributed by atoms with Gasteiger partial charge in [0, 0.05) is 32.4 Å². The number of hydrogen-bond donors (Lipinski definition) is 0. The number of nitrogens with zero attached hydrogens (tertiary/aromatic N) is 2. The Morgan fingerprint density at radius 2 is 1.76 bits per heavy atom. The summed E-state index contributed by atoms with van der Waals surface area (Å²) in [5.41, 5.74) is 0. The molecule has 0 N–H and O–H groups in total. The summed E-state index contributed by atoms with van der Waals surface area (Å²) in [6.07, 6.45) is 3.64. The average Bonchev–Trinajstić information content (AvgIpc) is 3.26. The maximum Gasteiger partial charge on any atom is 0.336 e. The van der Waals surface area contributed by atoms with Gasteiger partial charge in [-0.1, -0.05) is 0 Å². The second-order valence-corrected chi connectivity index (χ2v) is 9.99. The van der Waals surface area contributed by atoms with Crippen LogP contribution in [0.5, 0.6) is 0 Å². The van der Waals surface area contributed by atoms with Crippen molar-refractivity contribution in [1.29, 1.82) is 0 Å². The number of carbonyl (C=O) groups is 6. The Labute approximate surface area is 196 Å². The van der Waals surface area contributed by atoms with Crippen LogP contribution in [0.15, 0.2) is 0 Å². The minimum atomic E-state index is -0.576. The van der Waals surface area contributed by atoms with Gasteiger partial charge in [-0.3, -0.25) is 24.1 Å². The highest BCUT2D eigenvalue weighted by Gasteiger charge is 2.41. The molecule has 2 atom stereocenters. The lowest BCUT2D eigenvalue weighted by Crippen LogP contribution is -2.39. The van der Waals surface area contributed by atoms with Gasteiger partial charge < -0.3 is 14.4 Å². The van der Waals surface area contributed by atoms with Crippen LogP contribution >= 0.6 is 11.8 Å². The van der Waals surface area contributed by atoms with E-state index in [0.717, 1.165) is 6.29 Å². The van der Waals surface area contributed by atoms with Crippen LogP contribution in [0.3, 0.4) is 0 Å². The molecule has 0 bridgehead atoms. The smallest absolute Gasteiger partial charge is 0.336 e. The summed E-state index contributed by atoms with van der Waals surface area (Å²) in [6.45, 7) is 2.44. The Morgan fingerprint density at radius 1 is 1.09 bits per heavy atom. The molecule has 182 valence electrons. The van der Waals surface area contributed by atoms with E-state index in [1.54, 1.807) is 6.92 Å². The summed E-state index contributed by atoms with van der Waals surface area (Å²) < 4.78 is 5.29. The standard InChI is InChI=1S/C22H30N2O8S/c1-14(13-25)31-9-2-10-33-17-11-20(28)23(21(17)29)12-15-3-5-16(6-4-15)22(30)32-24-18(26)7-8-19(24)27/h13-17H,2-12H2,1H3/t14-,15?,16?,17?/m0/s1. The molecule has 2 aliphatic heterocycles. The molecule has 1 aliphatic carbocycles. The zero-order chi connectivity index (χ0) is 24.0. The van der Waals surface area contributed by atoms with Crippen molar-refractivity contribution in [3.05, 3.63) is 0 Å². The van der Waals surface area contributed by atoms with E-state index in [-0.39, 0.29) is 42.2 Å². The summed E-state index contributed by atoms with van der Waals surface area (Å²) in [7, 11) is 0. The molecule has 0 aromatic heterocycles. The normalized spacial score (nSPS) is 26.8. The molecule has 4 amide bonds. The molecule has 0 spiro atoms. The lowest BCUT2D eigenvalue weighted by Gasteiger charge is -2.30. The first kappa shape index (κ1) is 25.4. The molecule has 3 aliphatic rings. The number of hydroxylamine groups is 2. The van der Waals surface area contributed by atoms with Crippen LogP contribution in [0, 0.1) is 11.8 Å². The predicted molar refractivity (Wildman–Crippen MR) is 116 cm³/mol. The molecule has 3 rings (SSSR count). The van der Waals surface area contributed by atoms with Gasteiger partial charge in [-0.05, 0) is 50.7 Å². The van der Waals surface area contributed by atoms with Crippen LogP contribution in [-0.4, -0.2) is 76.1 Å². The molecule has 2 saturated heterocycles. The van der Waals surface area contributed by atoms with E-state index in [1.807, 2.05) is 0 Å². The number of aldehydes is 1. The fourth-order valence-electron chi connectivity index (χ4n) is 4.23. The van der Waals surface area contributed by atoms with Crippen molar-refractivity contribution in [2.75, 3.05) is 18.9 Å². The van der Waals surface area contributed by atoms with Crippen molar-refractivity contribution in [3.63, 3.8) is 0 Å². The van der Waals surface area contributed by atoms with Crippen LogP contribution in [-0.2, 0) is 38.3 Å². The van der Waals surface area contributed by atoms with Gasteiger partial charge in [0.15, 0.2) is 0 Å². The highest BCUT2D eigenvalue weighted by Crippen LogP contribution is 2.33. The minimum absolute atomic E-state index is 0.0587. The first-order valence-corrected chi connectivity index (χ1v) is 12.4. The number of likely N-dealkylation sites (tertiary alicyclic amines) is 1. The third kappa shape index (κ3) is 6.63. The Bertz CT molecular complexity index is 779. The van der Waals surface area contributed by atoms with E-state index in [4.69, 9.17) is 9.57 Å². The third-order valence-corrected chi connectivity index (χ3v) is 7.49. The van der Waals surface area contributed by atoms with Gasteiger partial charge >= 0.3 is 5.97 Å². The largest absolute Gasteiger partial charge is 0.371 e. The lowest BCUT2D eigenvalue weighted by atomic mass is 9.82. The molecule has 33 heavy (non-hydrogen) atoms. The molecule has 2 heterocycles. The fourth-order valence-corrected chi connectivity index (χ4v) is 5.33. The summed E-state index contributed by atoms with van der Waals surface area (Å²) >= 11 is 1.44. The number of ether oxygens (including phenoxy) is 1. The summed E-state index contributed by atoms with van der Waals surface area (Å²) in [4.78, 5) is 77.5. The molecule has 10 nitrogen and oxygen atoms in total. The van der Waals surface area contributed by atoms with E-state index >= 15 is 0 Å². The zero-order valence-corrected chi connectivity index (χ0v) is 19.6. The van der Waals surface area contributed by atoms with Gasteiger partial charge in [0.2, 0.25) is 11.8 Å². The monoisotopic (exact) mass is 482 g/mol. The van der Waals surface area contributed by atoms with Crippen LogP contribution in [0.2, 0.25) is 0 Å². The van der Waals surface area contributed by atoms with Gasteiger partial charge in [-0.15, -0.1) is 16.8 Å². The molecule has 0 radical (unpaired) electrons. The maximum absolute atomic E-state index is 12.7. The van der Waals surface area contributed by atoms with Crippen LogP contribution in [0.25, 0.3) is 0 Å². The Balaban J connectivity index is 1.38. The van der Waals surface area contributed by atoms with E-state index in [0.29, 0.717) is 56.1 Å². The topological polar surface area (TPSA) is 127 Å². The molecule has 1 unspecified atom stereocenters. The first-order valence-electron chi connectivity index (χ1n) is 11.4. The zero-order valence-electron chi connectivity index (χ0n) is 18.7. The van der Waals surface area contributed by atoms with Gasteiger partial charge in [0.05, 0.1) is 11.2 Å². The SMILES string of the molecule is C[C@@H](C=O)OCCCSC1CC(=O)N(CC2CCC(C(=O)ON3C(=O)CCC3=O)CC2)C1=O. The quantitative estimate of drug-likeness (QED) is 0.243. The summed E-state index contributed by atoms with van der Waals surface area (Å²) in [5, 5.41) is 0.186. The number of carbonyl (C=O) groups excluding carboxylic acids is 6. The Morgan fingerprint density at radius 3 is 2.39 bits per heavy atom. The molecular weight excluding hydrogens is 452 g/mol. The second-order valence-electron chi connectivity index (χ2n) is 8.68. The number of amides is 4. The predicted octanol–water partition coefficient (Wildman–Crippen LogP) is 1.25. The number of rotatable bonds is 11. The molecule has 0 aromatic carbocycles. The first-order chi connectivity index (χ1) is 15.8. The van der Waals surface area contributed by atoms with Gasteiger partial charge in [-0.25, -0.2) is 4.79 Å².